The van der Waals surface area contributed by atoms with E-state index in [4.69, 9.17) is 5.11 Å². The molecular formula is C16H18N2O4. The van der Waals surface area contributed by atoms with Gasteiger partial charge in [-0.1, -0.05) is 18.2 Å². The van der Waals surface area contributed by atoms with Crippen molar-refractivity contribution in [2.75, 3.05) is 6.54 Å². The number of carboxylic acids is 1. The number of H-pyrrole nitrogens is 1. The van der Waals surface area contributed by atoms with Gasteiger partial charge in [-0.25, -0.2) is 0 Å². The number of hydrogen-bond donors (Lipinski definition) is 2. The van der Waals surface area contributed by atoms with Crippen LogP contribution >= 0.6 is 0 Å². The van der Waals surface area contributed by atoms with Crippen LogP contribution in [-0.2, 0) is 4.79 Å². The molecule has 0 unspecified atom stereocenters. The van der Waals surface area contributed by atoms with Gasteiger partial charge in [0, 0.05) is 18.0 Å². The Morgan fingerprint density at radius 2 is 1.95 bits per heavy atom. The van der Waals surface area contributed by atoms with Crippen LogP contribution in [0.15, 0.2) is 35.1 Å². The van der Waals surface area contributed by atoms with E-state index >= 15 is 0 Å². The molecule has 116 valence electrons. The molecule has 1 aromatic heterocycles. The molecule has 2 N–H and O–H groups in total. The zero-order valence-electron chi connectivity index (χ0n) is 12.5. The number of pyridine rings is 1. The fourth-order valence-electron chi connectivity index (χ4n) is 2.29. The second kappa shape index (κ2) is 6.43. The summed E-state index contributed by atoms with van der Waals surface area (Å²) in [5, 5.41) is 9.98. The minimum atomic E-state index is -0.967. The second-order valence-corrected chi connectivity index (χ2v) is 5.34. The molecule has 0 aliphatic heterocycles. The van der Waals surface area contributed by atoms with Crippen molar-refractivity contribution in [2.24, 2.45) is 0 Å². The van der Waals surface area contributed by atoms with Gasteiger partial charge in [-0.2, -0.15) is 0 Å². The average molecular weight is 302 g/mol. The molecule has 2 aromatic rings. The summed E-state index contributed by atoms with van der Waals surface area (Å²) >= 11 is 0. The molecular weight excluding hydrogens is 284 g/mol. The summed E-state index contributed by atoms with van der Waals surface area (Å²) in [5.74, 6) is -1.34. The Kier molecular flexibility index (Phi) is 4.60. The molecule has 1 heterocycles. The number of carbonyl (C=O) groups excluding carboxylic acids is 1. The number of carboxylic acid groups (broad SMARTS) is 1. The molecule has 0 aliphatic rings. The number of fused-ring (bicyclic) bond motifs is 1. The van der Waals surface area contributed by atoms with Crippen LogP contribution in [-0.4, -0.2) is 39.5 Å². The van der Waals surface area contributed by atoms with Gasteiger partial charge in [0.15, 0.2) is 0 Å². The molecule has 0 radical (unpaired) electrons. The van der Waals surface area contributed by atoms with Crippen LogP contribution in [0.4, 0.5) is 0 Å². The number of carbonyl (C=O) groups is 2. The Balaban J connectivity index is 2.38. The highest BCUT2D eigenvalue weighted by molar-refractivity contribution is 5.96. The van der Waals surface area contributed by atoms with E-state index in [0.717, 1.165) is 0 Å². The van der Waals surface area contributed by atoms with Gasteiger partial charge in [-0.15, -0.1) is 0 Å². The topological polar surface area (TPSA) is 90.5 Å². The molecule has 6 nitrogen and oxygen atoms in total. The van der Waals surface area contributed by atoms with Crippen LogP contribution in [0.25, 0.3) is 10.8 Å². The lowest BCUT2D eigenvalue weighted by Gasteiger charge is -2.26. The van der Waals surface area contributed by atoms with Crippen molar-refractivity contribution in [3.63, 3.8) is 0 Å². The summed E-state index contributed by atoms with van der Waals surface area (Å²) in [4.78, 5) is 39.3. The van der Waals surface area contributed by atoms with Gasteiger partial charge < -0.3 is 15.0 Å². The van der Waals surface area contributed by atoms with Crippen LogP contribution in [0.5, 0.6) is 0 Å². The first-order chi connectivity index (χ1) is 10.4. The fraction of sp³-hybridized carbons (Fsp3) is 0.312. The first-order valence-corrected chi connectivity index (χ1v) is 7.05. The number of aliphatic carboxylic acids is 1. The number of benzene rings is 1. The van der Waals surface area contributed by atoms with Gasteiger partial charge in [0.1, 0.15) is 5.69 Å². The van der Waals surface area contributed by atoms with Gasteiger partial charge in [0.05, 0.1) is 6.42 Å². The Labute approximate surface area is 127 Å². The molecule has 0 atom stereocenters. The number of aromatic nitrogens is 1. The molecule has 0 aliphatic carbocycles. The summed E-state index contributed by atoms with van der Waals surface area (Å²) in [6, 6.07) is 8.45. The largest absolute Gasteiger partial charge is 0.481 e. The maximum absolute atomic E-state index is 12.6. The summed E-state index contributed by atoms with van der Waals surface area (Å²) in [5.41, 5.74) is -0.161. The quantitative estimate of drug-likeness (QED) is 0.882. The van der Waals surface area contributed by atoms with Crippen LogP contribution < -0.4 is 5.56 Å². The van der Waals surface area contributed by atoms with E-state index in [9.17, 15) is 14.4 Å². The standard InChI is InChI=1S/C16H18N2O4/c1-10(2)18(8-7-14(19)20)16(22)13-9-11-5-3-4-6-12(11)15(21)17-13/h3-6,9-10H,7-8H2,1-2H3,(H,17,21)(H,19,20). The molecule has 0 bridgehead atoms. The lowest BCUT2D eigenvalue weighted by atomic mass is 10.1. The second-order valence-electron chi connectivity index (χ2n) is 5.34. The molecule has 0 saturated heterocycles. The summed E-state index contributed by atoms with van der Waals surface area (Å²) in [6.07, 6.45) is -0.137. The van der Waals surface area contributed by atoms with Crippen molar-refractivity contribution in [3.05, 3.63) is 46.4 Å². The average Bonchev–Trinajstić information content (AvgIpc) is 2.46. The zero-order valence-corrected chi connectivity index (χ0v) is 12.5. The fourth-order valence-corrected chi connectivity index (χ4v) is 2.29. The third-order valence-corrected chi connectivity index (χ3v) is 3.43. The number of aromatic amines is 1. The third-order valence-electron chi connectivity index (χ3n) is 3.43. The van der Waals surface area contributed by atoms with E-state index in [-0.39, 0.29) is 36.2 Å². The van der Waals surface area contributed by atoms with E-state index in [0.29, 0.717) is 10.8 Å². The minimum Gasteiger partial charge on any atom is -0.481 e. The van der Waals surface area contributed by atoms with Crippen LogP contribution in [0.3, 0.4) is 0 Å². The highest BCUT2D eigenvalue weighted by Gasteiger charge is 2.21. The number of nitrogens with zero attached hydrogens (tertiary/aromatic N) is 1. The van der Waals surface area contributed by atoms with Crippen molar-refractivity contribution in [1.82, 2.24) is 9.88 Å². The molecule has 22 heavy (non-hydrogen) atoms. The highest BCUT2D eigenvalue weighted by atomic mass is 16.4. The first-order valence-electron chi connectivity index (χ1n) is 7.05. The molecule has 0 saturated carbocycles. The van der Waals surface area contributed by atoms with Crippen molar-refractivity contribution in [1.29, 1.82) is 0 Å². The number of amides is 1. The minimum absolute atomic E-state index is 0.0979. The number of hydrogen-bond acceptors (Lipinski definition) is 3. The monoisotopic (exact) mass is 302 g/mol. The van der Waals surface area contributed by atoms with Crippen LogP contribution in [0.2, 0.25) is 0 Å². The lowest BCUT2D eigenvalue weighted by molar-refractivity contribution is -0.137. The van der Waals surface area contributed by atoms with Crippen molar-refractivity contribution in [2.45, 2.75) is 26.3 Å². The smallest absolute Gasteiger partial charge is 0.305 e. The predicted molar refractivity (Wildman–Crippen MR) is 83.0 cm³/mol. The van der Waals surface area contributed by atoms with E-state index < -0.39 is 5.97 Å². The van der Waals surface area contributed by atoms with Gasteiger partial charge in [-0.05, 0) is 31.4 Å². The molecule has 1 aromatic carbocycles. The molecule has 6 heteroatoms. The molecule has 0 spiro atoms. The van der Waals surface area contributed by atoms with E-state index in [1.165, 1.54) is 4.90 Å². The zero-order chi connectivity index (χ0) is 16.3. The normalized spacial score (nSPS) is 10.9. The van der Waals surface area contributed by atoms with Gasteiger partial charge in [0.2, 0.25) is 0 Å². The van der Waals surface area contributed by atoms with Gasteiger partial charge in [0.25, 0.3) is 11.5 Å². The maximum Gasteiger partial charge on any atom is 0.305 e. The third kappa shape index (κ3) is 3.33. The van der Waals surface area contributed by atoms with E-state index in [2.05, 4.69) is 4.98 Å². The van der Waals surface area contributed by atoms with Crippen molar-refractivity contribution in [3.8, 4) is 0 Å². The molecule has 0 fully saturated rings. The highest BCUT2D eigenvalue weighted by Crippen LogP contribution is 2.13. The van der Waals surface area contributed by atoms with Crippen LogP contribution in [0, 0.1) is 0 Å². The Hall–Kier alpha value is -2.63. The van der Waals surface area contributed by atoms with E-state index in [1.807, 2.05) is 0 Å². The summed E-state index contributed by atoms with van der Waals surface area (Å²) in [6.45, 7) is 3.71. The van der Waals surface area contributed by atoms with Gasteiger partial charge in [-0.3, -0.25) is 14.4 Å². The molecule has 1 amide bonds. The van der Waals surface area contributed by atoms with Crippen LogP contribution in [0.1, 0.15) is 30.8 Å². The molecule has 2 rings (SSSR count). The van der Waals surface area contributed by atoms with Crippen molar-refractivity contribution >= 4 is 22.6 Å². The Morgan fingerprint density at radius 3 is 2.59 bits per heavy atom. The summed E-state index contributed by atoms with van der Waals surface area (Å²) in [7, 11) is 0. The van der Waals surface area contributed by atoms with E-state index in [1.54, 1.807) is 44.2 Å². The Bertz CT molecular complexity index is 764. The maximum atomic E-state index is 12.6. The number of nitrogens with one attached hydrogen (secondary N) is 1. The Morgan fingerprint density at radius 1 is 1.27 bits per heavy atom. The summed E-state index contributed by atoms with van der Waals surface area (Å²) < 4.78 is 0. The van der Waals surface area contributed by atoms with Gasteiger partial charge >= 0.3 is 5.97 Å². The predicted octanol–water partition coefficient (Wildman–Crippen LogP) is 1.85. The number of rotatable bonds is 5. The lowest BCUT2D eigenvalue weighted by Crippen LogP contribution is -2.39. The van der Waals surface area contributed by atoms with Crippen molar-refractivity contribution < 1.29 is 14.7 Å². The SMILES string of the molecule is CC(C)N(CCC(=O)O)C(=O)c1cc2ccccc2c(=O)[nH]1. The first kappa shape index (κ1) is 15.8.